The Bertz CT molecular complexity index is 659. The molecule has 0 aliphatic heterocycles. The standard InChI is InChI=1S/3C3H8O3S3.Na.Zn/c3*1-2-3(7,8)9(4,5)6;;/h3*7-8H,2H2,1H3,(H,4,5,6);;/q;;;+1;+2/p-3. The summed E-state index contributed by atoms with van der Waals surface area (Å²) < 4.78 is 86.4. The van der Waals surface area contributed by atoms with E-state index in [0.717, 1.165) is 0 Å². The van der Waals surface area contributed by atoms with Crippen LogP contribution in [0.3, 0.4) is 0 Å². The van der Waals surface area contributed by atoms with Gasteiger partial charge < -0.3 is 13.7 Å². The zero-order chi connectivity index (χ0) is 23.1. The zero-order valence-corrected chi connectivity index (χ0v) is 28.7. The second kappa shape index (κ2) is 16.2. The minimum atomic E-state index is -4.37. The summed E-state index contributed by atoms with van der Waals surface area (Å²) in [6.07, 6.45) is 0.265. The summed E-state index contributed by atoms with van der Waals surface area (Å²) >= 11 is 21.2. The van der Waals surface area contributed by atoms with E-state index in [0.29, 0.717) is 0 Å². The van der Waals surface area contributed by atoms with Gasteiger partial charge in [0.1, 0.15) is 40.6 Å². The molecule has 0 aromatic heterocycles. The SMILES string of the molecule is CCC(S)(S)S(=O)(=O)[O-].CCC(S)(S)S(=O)(=O)[O-].CCC(S)(S)S(=O)(=O)[O-].[Na+].[Zn+2]. The average Bonchev–Trinajstić information content (AvgIpc) is 2.45. The van der Waals surface area contributed by atoms with Crippen LogP contribution in [-0.2, 0) is 49.8 Å². The van der Waals surface area contributed by atoms with Gasteiger partial charge >= 0.3 is 49.0 Å². The van der Waals surface area contributed by atoms with E-state index in [1.165, 1.54) is 20.8 Å². The summed E-state index contributed by atoms with van der Waals surface area (Å²) in [5.41, 5.74) is 0. The van der Waals surface area contributed by atoms with E-state index < -0.39 is 40.6 Å². The summed E-state index contributed by atoms with van der Waals surface area (Å²) in [4.78, 5) is 0. The fourth-order valence-corrected chi connectivity index (χ4v) is 1.59. The Morgan fingerprint density at radius 3 is 0.655 bits per heavy atom. The summed E-state index contributed by atoms with van der Waals surface area (Å²) in [6.45, 7) is 4.57. The van der Waals surface area contributed by atoms with Gasteiger partial charge in [-0.25, -0.2) is 25.3 Å². The van der Waals surface area contributed by atoms with Gasteiger partial charge in [-0.3, -0.25) is 0 Å². The molecule has 0 saturated heterocycles. The molecule has 0 spiro atoms. The predicted molar refractivity (Wildman–Crippen MR) is 122 cm³/mol. The van der Waals surface area contributed by atoms with Crippen molar-refractivity contribution in [2.75, 3.05) is 0 Å². The van der Waals surface area contributed by atoms with E-state index in [4.69, 9.17) is 0 Å². The molecule has 0 saturated carbocycles. The molecule has 0 radical (unpaired) electrons. The third-order valence-corrected chi connectivity index (χ3v) is 11.8. The molecule has 0 fully saturated rings. The summed E-state index contributed by atoms with van der Waals surface area (Å²) in [6, 6.07) is 0. The molecule has 29 heavy (non-hydrogen) atoms. The zero-order valence-electron chi connectivity index (χ0n) is 15.9. The first kappa shape index (κ1) is 42.6. The maximum atomic E-state index is 10.2. The molecule has 9 nitrogen and oxygen atoms in total. The van der Waals surface area contributed by atoms with Crippen molar-refractivity contribution in [3.63, 3.8) is 0 Å². The van der Waals surface area contributed by atoms with Crippen LogP contribution in [0.4, 0.5) is 0 Å². The smallest absolute Gasteiger partial charge is 0.746 e. The fraction of sp³-hybridized carbons (Fsp3) is 1.00. The molecular formula is C9H21NaO9S9Zn. The minimum absolute atomic E-state index is 0. The Balaban J connectivity index is -0.0000000960. The van der Waals surface area contributed by atoms with Crippen LogP contribution in [0.15, 0.2) is 0 Å². The normalized spacial score (nSPS) is 12.8. The first-order valence-corrected chi connectivity index (χ1v) is 13.5. The van der Waals surface area contributed by atoms with Gasteiger partial charge in [-0.15, -0.1) is 75.8 Å². The second-order valence-corrected chi connectivity index (χ2v) is 16.9. The molecule has 0 aromatic carbocycles. The maximum absolute atomic E-state index is 10.2. The molecule has 0 bridgehead atoms. The van der Waals surface area contributed by atoms with Crippen molar-refractivity contribution in [3.05, 3.63) is 0 Å². The molecule has 0 amide bonds. The van der Waals surface area contributed by atoms with Crippen LogP contribution in [0, 0.1) is 0 Å². The van der Waals surface area contributed by atoms with E-state index in [1.807, 2.05) is 0 Å². The van der Waals surface area contributed by atoms with Crippen LogP contribution in [0.5, 0.6) is 0 Å². The quantitative estimate of drug-likeness (QED) is 0.0855. The van der Waals surface area contributed by atoms with Gasteiger partial charge in [0.15, 0.2) is 0 Å². The molecule has 0 aromatic rings. The summed E-state index contributed by atoms with van der Waals surface area (Å²) in [5, 5.41) is 0. The van der Waals surface area contributed by atoms with Crippen molar-refractivity contribution in [1.29, 1.82) is 0 Å². The van der Waals surface area contributed by atoms with Gasteiger partial charge in [-0.1, -0.05) is 20.8 Å². The van der Waals surface area contributed by atoms with Crippen LogP contribution in [0.1, 0.15) is 40.0 Å². The molecule has 0 aliphatic carbocycles. The van der Waals surface area contributed by atoms with Gasteiger partial charge in [0.05, 0.1) is 0 Å². The van der Waals surface area contributed by atoms with Gasteiger partial charge in [-0.05, 0) is 19.3 Å². The van der Waals surface area contributed by atoms with E-state index in [2.05, 4.69) is 75.8 Å². The van der Waals surface area contributed by atoms with Crippen LogP contribution < -0.4 is 29.6 Å². The average molecular weight is 650 g/mol. The first-order chi connectivity index (χ1) is 11.4. The largest absolute Gasteiger partial charge is 2.00 e. The third-order valence-electron chi connectivity index (χ3n) is 2.58. The van der Waals surface area contributed by atoms with E-state index >= 15 is 0 Å². The molecule has 0 unspecified atom stereocenters. The molecule has 0 aliphatic rings. The van der Waals surface area contributed by atoms with E-state index in [-0.39, 0.29) is 68.3 Å². The van der Waals surface area contributed by atoms with Crippen LogP contribution in [0.25, 0.3) is 0 Å². The fourth-order valence-electron chi connectivity index (χ4n) is 0.530. The molecular weight excluding hydrogens is 629 g/mol. The Hall–Kier alpha value is 3.45. The third kappa shape index (κ3) is 17.5. The molecule has 168 valence electrons. The molecule has 0 atom stereocenters. The van der Waals surface area contributed by atoms with Crippen molar-refractivity contribution in [3.8, 4) is 0 Å². The van der Waals surface area contributed by atoms with Gasteiger partial charge in [0, 0.05) is 0 Å². The molecule has 0 heterocycles. The minimum Gasteiger partial charge on any atom is -0.746 e. The van der Waals surface area contributed by atoms with Crippen molar-refractivity contribution >= 4 is 106 Å². The van der Waals surface area contributed by atoms with Gasteiger partial charge in [0.25, 0.3) is 0 Å². The van der Waals surface area contributed by atoms with E-state index in [9.17, 15) is 38.9 Å². The summed E-state index contributed by atoms with van der Waals surface area (Å²) in [7, 11) is -13.1. The number of hydrogen-bond acceptors (Lipinski definition) is 15. The molecule has 0 rings (SSSR count). The Morgan fingerprint density at radius 1 is 0.552 bits per heavy atom. The van der Waals surface area contributed by atoms with Crippen molar-refractivity contribution in [1.82, 2.24) is 0 Å². The molecule has 20 heteroatoms. The van der Waals surface area contributed by atoms with Crippen LogP contribution in [0.2, 0.25) is 0 Å². The Morgan fingerprint density at radius 2 is 0.655 bits per heavy atom. The van der Waals surface area contributed by atoms with Crippen molar-refractivity contribution < 1.29 is 87.9 Å². The van der Waals surface area contributed by atoms with Crippen molar-refractivity contribution in [2.24, 2.45) is 0 Å². The second-order valence-electron chi connectivity index (χ2n) is 4.65. The van der Waals surface area contributed by atoms with Gasteiger partial charge in [-0.2, -0.15) is 0 Å². The Kier molecular flexibility index (Phi) is 23.8. The Labute approximate surface area is 241 Å². The van der Waals surface area contributed by atoms with Crippen molar-refractivity contribution in [2.45, 2.75) is 50.3 Å². The number of hydrogen-bond donors (Lipinski definition) is 6. The monoisotopic (exact) mass is 648 g/mol. The van der Waals surface area contributed by atoms with Crippen LogP contribution >= 0.6 is 75.8 Å². The number of thiol groups is 6. The molecule has 0 N–H and O–H groups in total. The number of rotatable bonds is 6. The van der Waals surface area contributed by atoms with E-state index in [1.54, 1.807) is 0 Å². The topological polar surface area (TPSA) is 172 Å². The predicted octanol–water partition coefficient (Wildman–Crippen LogP) is -1.63. The van der Waals surface area contributed by atoms with Gasteiger partial charge in [0.2, 0.25) is 0 Å². The maximum Gasteiger partial charge on any atom is 2.00 e. The van der Waals surface area contributed by atoms with Crippen LogP contribution in [-0.4, -0.2) is 49.1 Å². The first-order valence-electron chi connectivity index (χ1n) is 6.64. The summed E-state index contributed by atoms with van der Waals surface area (Å²) in [5.74, 6) is 0.